The minimum absolute atomic E-state index is 0. The van der Waals surface area contributed by atoms with Gasteiger partial charge in [0.2, 0.25) is 5.56 Å². The van der Waals surface area contributed by atoms with Crippen molar-refractivity contribution >= 4 is 52.8 Å². The van der Waals surface area contributed by atoms with E-state index in [9.17, 15) is 19.2 Å². The number of benzene rings is 6. The Kier molecular flexibility index (Phi) is 21.7. The minimum atomic E-state index is -0.877. The van der Waals surface area contributed by atoms with Crippen molar-refractivity contribution in [3.63, 3.8) is 0 Å². The molecule has 0 spiro atoms. The molecule has 0 amide bonds. The lowest BCUT2D eigenvalue weighted by molar-refractivity contribution is -0.953. The van der Waals surface area contributed by atoms with E-state index >= 15 is 0 Å². The molecule has 15 heteroatoms. The average molecular weight is 1130 g/mol. The Morgan fingerprint density at radius 3 is 1.66 bits per heavy atom. The van der Waals surface area contributed by atoms with E-state index < -0.39 is 35.7 Å². The van der Waals surface area contributed by atoms with Crippen LogP contribution >= 0.6 is 23.3 Å². The molecular weight excluding hydrogens is 1080 g/mol. The number of halogens is 2. The van der Waals surface area contributed by atoms with Gasteiger partial charge in [0.05, 0.1) is 61.5 Å². The number of nitrogens with zero attached hydrogens (tertiary/aromatic N) is 3. The molecule has 6 aromatic carbocycles. The molecular formula is C58H57ClIN3O9S. The van der Waals surface area contributed by atoms with Crippen molar-refractivity contribution in [2.45, 2.75) is 63.7 Å². The first-order valence-corrected chi connectivity index (χ1v) is 25.1. The van der Waals surface area contributed by atoms with Crippen molar-refractivity contribution in [3.8, 4) is 17.4 Å². The highest BCUT2D eigenvalue weighted by Gasteiger charge is 2.41. The van der Waals surface area contributed by atoms with Crippen molar-refractivity contribution in [1.29, 1.82) is 0 Å². The lowest BCUT2D eigenvalue weighted by atomic mass is 10.0. The molecule has 3 atom stereocenters. The van der Waals surface area contributed by atoms with Gasteiger partial charge in [-0.2, -0.15) is 4.37 Å². The summed E-state index contributed by atoms with van der Waals surface area (Å²) in [4.78, 5) is 50.9. The number of rotatable bonds is 20. The molecule has 1 aromatic heterocycles. The molecule has 378 valence electrons. The normalized spacial score (nSPS) is 14.6. The fourth-order valence-electron chi connectivity index (χ4n) is 8.05. The van der Waals surface area contributed by atoms with Crippen LogP contribution in [0.2, 0.25) is 0 Å². The first-order valence-electron chi connectivity index (χ1n) is 23.9. The Hall–Kier alpha value is -6.72. The van der Waals surface area contributed by atoms with Gasteiger partial charge in [0.15, 0.2) is 0 Å². The van der Waals surface area contributed by atoms with Gasteiger partial charge in [-0.3, -0.25) is 14.1 Å². The second-order valence-corrected chi connectivity index (χ2v) is 18.2. The smallest absolute Gasteiger partial charge is 0.343 e. The summed E-state index contributed by atoms with van der Waals surface area (Å²) in [6.07, 6.45) is 6.80. The Labute approximate surface area is 452 Å². The van der Waals surface area contributed by atoms with Crippen molar-refractivity contribution < 1.29 is 71.3 Å². The Bertz CT molecular complexity index is 2890. The molecule has 0 fully saturated rings. The van der Waals surface area contributed by atoms with E-state index in [0.717, 1.165) is 54.4 Å². The van der Waals surface area contributed by atoms with Gasteiger partial charge in [-0.15, -0.1) is 4.37 Å². The van der Waals surface area contributed by atoms with Gasteiger partial charge in [0, 0.05) is 28.7 Å². The molecule has 73 heavy (non-hydrogen) atoms. The molecule has 0 radical (unpaired) electrons. The highest BCUT2D eigenvalue weighted by atomic mass is 127. The lowest BCUT2D eigenvalue weighted by Crippen LogP contribution is -3.00. The van der Waals surface area contributed by atoms with E-state index in [1.54, 1.807) is 103 Å². The molecule has 0 aliphatic carbocycles. The predicted molar refractivity (Wildman–Crippen MR) is 278 cm³/mol. The number of hydrogen-bond donors (Lipinski definition) is 0. The maximum absolute atomic E-state index is 13.6. The van der Waals surface area contributed by atoms with Gasteiger partial charge in [-0.05, 0) is 55.0 Å². The molecule has 3 unspecified atom stereocenters. The standard InChI is InChI=1S/C36H40N3O5S.C22H17ClO4.HI/c1-3-4-5-14-24-42-34-33(37-45-38-34)30-21-15-23-39(2,26-30)35(27-16-8-6-9-17-27)44-32(40)25-29-20-12-13-22-31(29)43-36(41)28-18-10-7-11-19-28;23-21(16-9-3-1-4-10-16)27-20(24)15-18-13-7-8-14-19(18)26-22(25)17-11-5-2-6-12-17;/h6-13,16-22,35H,3-5,14-15,23-26H2,1-2H3;1-14,21H,15H2;1H/q+1;;/p-1. The lowest BCUT2D eigenvalue weighted by Gasteiger charge is -2.42. The number of carbonyl (C=O) groups is 4. The van der Waals surface area contributed by atoms with Crippen LogP contribution in [0.15, 0.2) is 176 Å². The topological polar surface area (TPSA) is 140 Å². The quantitative estimate of drug-likeness (QED) is 0.0180. The number of aromatic nitrogens is 2. The maximum Gasteiger partial charge on any atom is 0.343 e. The molecule has 12 nitrogen and oxygen atoms in total. The highest BCUT2D eigenvalue weighted by Crippen LogP contribution is 2.37. The van der Waals surface area contributed by atoms with Gasteiger partial charge in [-0.1, -0.05) is 165 Å². The molecule has 2 heterocycles. The second-order valence-electron chi connectivity index (χ2n) is 17.3. The third-order valence-electron chi connectivity index (χ3n) is 11.8. The first kappa shape index (κ1) is 55.6. The first-order chi connectivity index (χ1) is 35.1. The molecule has 7 aromatic rings. The molecule has 0 N–H and O–H groups in total. The number of para-hydroxylation sites is 2. The van der Waals surface area contributed by atoms with E-state index in [-0.39, 0.29) is 36.8 Å². The van der Waals surface area contributed by atoms with Gasteiger partial charge >= 0.3 is 23.9 Å². The fraction of sp³-hybridized carbons (Fsp3) is 0.241. The fourth-order valence-corrected chi connectivity index (χ4v) is 8.83. The number of carbonyl (C=O) groups excluding carboxylic acids is 4. The van der Waals surface area contributed by atoms with E-state index in [0.29, 0.717) is 62.8 Å². The molecule has 0 saturated carbocycles. The van der Waals surface area contributed by atoms with Crippen molar-refractivity contribution in [1.82, 2.24) is 8.75 Å². The van der Waals surface area contributed by atoms with Gasteiger partial charge < -0.3 is 47.7 Å². The molecule has 8 rings (SSSR count). The Balaban J connectivity index is 0.000000265. The van der Waals surface area contributed by atoms with Crippen LogP contribution in [0.3, 0.4) is 0 Å². The average Bonchev–Trinajstić information content (AvgIpc) is 3.89. The largest absolute Gasteiger partial charge is 1.00 e. The number of alkyl halides is 1. The van der Waals surface area contributed by atoms with Crippen LogP contribution in [0.1, 0.15) is 99.5 Å². The van der Waals surface area contributed by atoms with Crippen LogP contribution in [0.5, 0.6) is 17.4 Å². The summed E-state index contributed by atoms with van der Waals surface area (Å²) in [5, 5.41) is 0. The Morgan fingerprint density at radius 1 is 0.616 bits per heavy atom. The zero-order valence-electron chi connectivity index (χ0n) is 40.6. The van der Waals surface area contributed by atoms with Gasteiger partial charge in [0.1, 0.15) is 23.7 Å². The monoisotopic (exact) mass is 1130 g/mol. The molecule has 1 aliphatic rings. The number of ether oxygens (including phenoxy) is 5. The van der Waals surface area contributed by atoms with E-state index in [1.165, 1.54) is 12.8 Å². The summed E-state index contributed by atoms with van der Waals surface area (Å²) >= 11 is 7.30. The van der Waals surface area contributed by atoms with Gasteiger partial charge in [0.25, 0.3) is 12.1 Å². The molecule has 1 aliphatic heterocycles. The zero-order chi connectivity index (χ0) is 50.5. The van der Waals surface area contributed by atoms with E-state index in [2.05, 4.69) is 28.8 Å². The van der Waals surface area contributed by atoms with Crippen LogP contribution < -0.4 is 38.2 Å². The summed E-state index contributed by atoms with van der Waals surface area (Å²) in [7, 11) is 2.11. The van der Waals surface area contributed by atoms with Crippen molar-refractivity contribution in [2.75, 3.05) is 26.7 Å². The SMILES string of the molecule is CCCCCCOc1nsnc1C1=CCC[N+](C)(C(OC(=O)Cc2ccccc2OC(=O)c2ccccc2)c2ccccc2)C1.O=C(Cc1ccccc1OC(=O)c1ccccc1)OC(Cl)c1ccccc1.[I-]. The highest BCUT2D eigenvalue weighted by molar-refractivity contribution is 6.99. The number of unbranched alkanes of at least 4 members (excludes halogenated alkanes) is 3. The summed E-state index contributed by atoms with van der Waals surface area (Å²) in [6.45, 7) is 4.17. The van der Waals surface area contributed by atoms with Gasteiger partial charge in [-0.25, -0.2) is 9.59 Å². The number of esters is 4. The van der Waals surface area contributed by atoms with Crippen molar-refractivity contribution in [3.05, 3.63) is 215 Å². The number of likely N-dealkylation sites (N-methyl/N-ethyl adjacent to an activating group) is 1. The summed E-state index contributed by atoms with van der Waals surface area (Å²) in [5.41, 5.74) is 4.52. The molecule has 0 bridgehead atoms. The Morgan fingerprint density at radius 2 is 1.11 bits per heavy atom. The van der Waals surface area contributed by atoms with Crippen LogP contribution in [-0.2, 0) is 31.9 Å². The predicted octanol–water partition coefficient (Wildman–Crippen LogP) is 9.37. The number of quaternary nitrogens is 1. The second kappa shape index (κ2) is 28.5. The summed E-state index contributed by atoms with van der Waals surface area (Å²) in [6, 6.07) is 50.2. The third kappa shape index (κ3) is 16.4. The number of hydrogen-bond acceptors (Lipinski definition) is 12. The van der Waals surface area contributed by atoms with Crippen molar-refractivity contribution in [2.24, 2.45) is 0 Å². The van der Waals surface area contributed by atoms with Crippen LogP contribution in [0, 0.1) is 0 Å². The van der Waals surface area contributed by atoms with E-state index in [4.69, 9.17) is 35.3 Å². The van der Waals surface area contributed by atoms with Crippen LogP contribution in [0.25, 0.3) is 5.57 Å². The zero-order valence-corrected chi connectivity index (χ0v) is 44.4. The molecule has 0 saturated heterocycles. The van der Waals surface area contributed by atoms with Crippen LogP contribution in [0.4, 0.5) is 0 Å². The van der Waals surface area contributed by atoms with Crippen LogP contribution in [-0.4, -0.2) is 63.9 Å². The summed E-state index contributed by atoms with van der Waals surface area (Å²) < 4.78 is 38.3. The summed E-state index contributed by atoms with van der Waals surface area (Å²) in [5.74, 6) is -0.668. The maximum atomic E-state index is 13.6. The van der Waals surface area contributed by atoms with E-state index in [1.807, 2.05) is 66.7 Å². The minimum Gasteiger partial charge on any atom is -1.00 e. The third-order valence-corrected chi connectivity index (χ3v) is 12.6.